The van der Waals surface area contributed by atoms with Gasteiger partial charge in [-0.3, -0.25) is 0 Å². The Hall–Kier alpha value is -0.0600. The van der Waals surface area contributed by atoms with Gasteiger partial charge in [-0.05, 0) is 12.8 Å². The minimum atomic E-state index is -2.58. The molecule has 0 aromatic rings. The van der Waals surface area contributed by atoms with Crippen molar-refractivity contribution in [2.75, 3.05) is 26.4 Å². The van der Waals surface area contributed by atoms with E-state index in [1.54, 1.807) is 0 Å². The van der Waals surface area contributed by atoms with Crippen molar-refractivity contribution in [3.05, 3.63) is 0 Å². The third-order valence-electron chi connectivity index (χ3n) is 4.17. The maximum atomic E-state index is 10.7. The highest BCUT2D eigenvalue weighted by Crippen LogP contribution is 2.16. The fourth-order valence-electron chi connectivity index (χ4n) is 2.62. The van der Waals surface area contributed by atoms with Crippen molar-refractivity contribution < 1.29 is 23.5 Å². The normalized spacial score (nSPS) is 13.2. The Balaban J connectivity index is 3.69. The van der Waals surface area contributed by atoms with Crippen LogP contribution in [-0.2, 0) is 18.6 Å². The molecule has 0 aliphatic carbocycles. The molecule has 0 aromatic heterocycles. The van der Waals surface area contributed by atoms with Crippen molar-refractivity contribution >= 4 is 8.25 Å². The van der Waals surface area contributed by atoms with Crippen LogP contribution in [0, 0.1) is 0 Å². The molecular weight excluding hydrogens is 339 g/mol. The van der Waals surface area contributed by atoms with Gasteiger partial charge in [0.15, 0.2) is 0 Å². The summed E-state index contributed by atoms with van der Waals surface area (Å²) in [6, 6.07) is 0. The molecule has 1 N–H and O–H groups in total. The number of unbranched alkanes of at least 4 members (excludes halogenated alkanes) is 10. The van der Waals surface area contributed by atoms with Gasteiger partial charge in [-0.15, -0.1) is 9.42 Å². The molecule has 150 valence electrons. The third kappa shape index (κ3) is 20.1. The van der Waals surface area contributed by atoms with Crippen molar-refractivity contribution in [2.45, 2.75) is 97.0 Å². The van der Waals surface area contributed by atoms with E-state index in [9.17, 15) is 4.57 Å². The maximum absolute atomic E-state index is 10.7. The van der Waals surface area contributed by atoms with Crippen LogP contribution in [0.25, 0.3) is 0 Å². The molecule has 0 amide bonds. The fourth-order valence-corrected chi connectivity index (χ4v) is 2.92. The van der Waals surface area contributed by atoms with Crippen LogP contribution in [0.4, 0.5) is 0 Å². The van der Waals surface area contributed by atoms with E-state index in [-0.39, 0.29) is 12.7 Å². The molecule has 0 fully saturated rings. The summed E-state index contributed by atoms with van der Waals surface area (Å²) in [7, 11) is -2.58. The highest BCUT2D eigenvalue weighted by molar-refractivity contribution is 7.32. The second kappa shape index (κ2) is 20.3. The Morgan fingerprint density at radius 3 is 1.84 bits per heavy atom. The van der Waals surface area contributed by atoms with Crippen LogP contribution >= 0.6 is 8.25 Å². The lowest BCUT2D eigenvalue weighted by atomic mass is 10.1. The molecule has 1 unspecified atom stereocenters. The van der Waals surface area contributed by atoms with Gasteiger partial charge in [0.25, 0.3) is 0 Å². The molecule has 5 nitrogen and oxygen atoms in total. The Kier molecular flexibility index (Phi) is 20.2. The number of ether oxygens (including phenoxy) is 2. The predicted octanol–water partition coefficient (Wildman–Crippen LogP) is 5.78. The highest BCUT2D eigenvalue weighted by atomic mass is 31.1. The summed E-state index contributed by atoms with van der Waals surface area (Å²) in [5.74, 6) is 0. The topological polar surface area (TPSA) is 65.0 Å². The Labute approximate surface area is 155 Å². The fraction of sp³-hybridized carbons (Fsp3) is 1.00. The number of hydrogen-bond acceptors (Lipinski definition) is 4. The molecule has 6 heteroatoms. The summed E-state index contributed by atoms with van der Waals surface area (Å²) in [6.07, 6.45) is 14.4. The van der Waals surface area contributed by atoms with Crippen LogP contribution in [0.15, 0.2) is 0 Å². The lowest BCUT2D eigenvalue weighted by Gasteiger charge is -2.15. The first kappa shape index (κ1) is 24.9. The van der Waals surface area contributed by atoms with E-state index in [2.05, 4.69) is 13.8 Å². The quantitative estimate of drug-likeness (QED) is 0.215. The van der Waals surface area contributed by atoms with Gasteiger partial charge in [0, 0.05) is 17.8 Å². The van der Waals surface area contributed by atoms with Crippen LogP contribution in [0.2, 0.25) is 0 Å². The average molecular weight is 379 g/mol. The van der Waals surface area contributed by atoms with E-state index in [0.29, 0.717) is 19.8 Å². The largest absolute Gasteiger partial charge is 0.694 e. The predicted molar refractivity (Wildman–Crippen MR) is 103 cm³/mol. The Morgan fingerprint density at radius 2 is 1.28 bits per heavy atom. The molecule has 0 heterocycles. The summed E-state index contributed by atoms with van der Waals surface area (Å²) < 4.78 is 26.9. The van der Waals surface area contributed by atoms with Gasteiger partial charge in [0.05, 0.1) is 6.61 Å². The molecule has 0 spiro atoms. The smallest absolute Gasteiger partial charge is 0.379 e. The number of hydrogen-bond donors (Lipinski definition) is 1. The van der Waals surface area contributed by atoms with E-state index >= 15 is 0 Å². The van der Waals surface area contributed by atoms with E-state index < -0.39 is 8.25 Å². The van der Waals surface area contributed by atoms with Gasteiger partial charge < -0.3 is 9.47 Å². The van der Waals surface area contributed by atoms with E-state index in [0.717, 1.165) is 12.8 Å². The molecule has 0 aromatic carbocycles. The van der Waals surface area contributed by atoms with Gasteiger partial charge in [-0.25, -0.2) is 0 Å². The van der Waals surface area contributed by atoms with Crippen LogP contribution in [-0.4, -0.2) is 37.4 Å². The molecule has 0 saturated carbocycles. The summed E-state index contributed by atoms with van der Waals surface area (Å²) in [5.41, 5.74) is 0. The SMILES string of the molecule is CCCCCCCCOC[C@H](CO[P+](=O)O)OCCCCCCCC. The maximum Gasteiger partial charge on any atom is 0.694 e. The van der Waals surface area contributed by atoms with Gasteiger partial charge in [0.2, 0.25) is 0 Å². The Morgan fingerprint density at radius 1 is 0.760 bits per heavy atom. The molecule has 0 rings (SSSR count). The van der Waals surface area contributed by atoms with Gasteiger partial charge in [0.1, 0.15) is 12.7 Å². The third-order valence-corrected chi connectivity index (χ3v) is 4.54. The summed E-state index contributed by atoms with van der Waals surface area (Å²) in [6.45, 7) is 6.34. The van der Waals surface area contributed by atoms with Crippen LogP contribution < -0.4 is 0 Å². The van der Waals surface area contributed by atoms with E-state index in [4.69, 9.17) is 18.9 Å². The first-order chi connectivity index (χ1) is 12.2. The molecule has 0 radical (unpaired) electrons. The van der Waals surface area contributed by atoms with Crippen LogP contribution in [0.3, 0.4) is 0 Å². The summed E-state index contributed by atoms with van der Waals surface area (Å²) in [5, 5.41) is 0. The molecule has 2 atom stereocenters. The summed E-state index contributed by atoms with van der Waals surface area (Å²) >= 11 is 0. The molecule has 25 heavy (non-hydrogen) atoms. The first-order valence-corrected chi connectivity index (χ1v) is 11.3. The average Bonchev–Trinajstić information content (AvgIpc) is 2.60. The van der Waals surface area contributed by atoms with E-state index in [1.165, 1.54) is 64.2 Å². The van der Waals surface area contributed by atoms with Crippen LogP contribution in [0.1, 0.15) is 90.9 Å². The second-order valence-electron chi connectivity index (χ2n) is 6.64. The standard InChI is InChI=1S/C19H39O5P/c1-3-5-7-9-11-13-15-22-17-19(18-24-25(20)21)23-16-14-12-10-8-6-4-2/h19H,3-18H2,1-2H3/p+1/t19-/m1/s1. The lowest BCUT2D eigenvalue weighted by Crippen LogP contribution is -2.25. The first-order valence-electron chi connectivity index (χ1n) is 10.2. The Bertz CT molecular complexity index is 289. The zero-order chi connectivity index (χ0) is 18.6. The van der Waals surface area contributed by atoms with Crippen molar-refractivity contribution in [2.24, 2.45) is 0 Å². The number of rotatable bonds is 20. The molecule has 0 aliphatic heterocycles. The molecule has 0 saturated heterocycles. The molecule has 0 bridgehead atoms. The highest BCUT2D eigenvalue weighted by Gasteiger charge is 2.19. The monoisotopic (exact) mass is 379 g/mol. The minimum absolute atomic E-state index is 0.109. The summed E-state index contributed by atoms with van der Waals surface area (Å²) in [4.78, 5) is 8.80. The van der Waals surface area contributed by atoms with Gasteiger partial charge in [-0.1, -0.05) is 78.1 Å². The van der Waals surface area contributed by atoms with Gasteiger partial charge >= 0.3 is 8.25 Å². The minimum Gasteiger partial charge on any atom is -0.379 e. The second-order valence-corrected chi connectivity index (χ2v) is 7.37. The lowest BCUT2D eigenvalue weighted by molar-refractivity contribution is -0.0392. The molecule has 0 aliphatic rings. The van der Waals surface area contributed by atoms with Gasteiger partial charge in [-0.2, -0.15) is 0 Å². The van der Waals surface area contributed by atoms with Crippen molar-refractivity contribution in [1.29, 1.82) is 0 Å². The zero-order valence-corrected chi connectivity index (χ0v) is 17.3. The van der Waals surface area contributed by atoms with E-state index in [1.807, 2.05) is 0 Å². The van der Waals surface area contributed by atoms with Crippen LogP contribution in [0.5, 0.6) is 0 Å². The van der Waals surface area contributed by atoms with Crippen molar-refractivity contribution in [3.63, 3.8) is 0 Å². The van der Waals surface area contributed by atoms with Crippen molar-refractivity contribution in [1.82, 2.24) is 0 Å². The zero-order valence-electron chi connectivity index (χ0n) is 16.4. The molecular formula is C19H40O5P+. The van der Waals surface area contributed by atoms with Crippen molar-refractivity contribution in [3.8, 4) is 0 Å².